The van der Waals surface area contributed by atoms with Gasteiger partial charge in [0.2, 0.25) is 0 Å². The van der Waals surface area contributed by atoms with Crippen molar-refractivity contribution in [2.45, 2.75) is 33.6 Å². The zero-order chi connectivity index (χ0) is 14.9. The van der Waals surface area contributed by atoms with E-state index in [-0.39, 0.29) is 11.8 Å². The molecule has 1 aromatic heterocycles. The quantitative estimate of drug-likeness (QED) is 0.792. The highest BCUT2D eigenvalue weighted by molar-refractivity contribution is 5.94. The van der Waals surface area contributed by atoms with Crippen LogP contribution in [-0.4, -0.2) is 15.5 Å². The van der Waals surface area contributed by atoms with E-state index in [2.05, 4.69) is 50.5 Å². The Morgan fingerprint density at radius 2 is 2.05 bits per heavy atom. The summed E-state index contributed by atoms with van der Waals surface area (Å²) in [6.45, 7) is 11.7. The molecule has 1 unspecified atom stereocenters. The lowest BCUT2D eigenvalue weighted by Gasteiger charge is -2.14. The number of rotatable bonds is 3. The van der Waals surface area contributed by atoms with E-state index in [1.807, 2.05) is 0 Å². The van der Waals surface area contributed by atoms with Gasteiger partial charge in [-0.3, -0.25) is 9.36 Å². The van der Waals surface area contributed by atoms with Crippen LogP contribution in [0.1, 0.15) is 46.9 Å². The number of carbonyl (C=O) groups is 1. The van der Waals surface area contributed by atoms with Crippen LogP contribution in [0.15, 0.2) is 42.9 Å². The fourth-order valence-electron chi connectivity index (χ4n) is 2.30. The second-order valence-electron chi connectivity index (χ2n) is 5.30. The summed E-state index contributed by atoms with van der Waals surface area (Å²) < 4.78 is 1.50. The Kier molecular flexibility index (Phi) is 3.89. The highest BCUT2D eigenvalue weighted by atomic mass is 16.2. The molecule has 3 nitrogen and oxygen atoms in total. The molecular weight excluding hydrogens is 248 g/mol. The Hall–Kier alpha value is -2.16. The number of benzene rings is 1. The predicted molar refractivity (Wildman–Crippen MR) is 81.1 cm³/mol. The normalized spacial score (nSPS) is 12.2. The third kappa shape index (κ3) is 2.57. The number of imidazole rings is 1. The Labute approximate surface area is 120 Å². The number of hydrogen-bond donors (Lipinski definition) is 0. The van der Waals surface area contributed by atoms with Gasteiger partial charge in [0.1, 0.15) is 6.33 Å². The van der Waals surface area contributed by atoms with Gasteiger partial charge in [-0.1, -0.05) is 31.7 Å². The van der Waals surface area contributed by atoms with E-state index >= 15 is 0 Å². The highest BCUT2D eigenvalue weighted by Gasteiger charge is 2.16. The first-order valence-corrected chi connectivity index (χ1v) is 6.72. The molecule has 0 N–H and O–H groups in total. The second-order valence-corrected chi connectivity index (χ2v) is 5.30. The molecule has 1 atom stereocenters. The molecule has 2 rings (SSSR count). The molecule has 2 aromatic rings. The molecule has 0 radical (unpaired) electrons. The first-order chi connectivity index (χ1) is 9.41. The number of aromatic nitrogens is 2. The van der Waals surface area contributed by atoms with Crippen LogP contribution in [0.5, 0.6) is 0 Å². The van der Waals surface area contributed by atoms with Crippen molar-refractivity contribution in [3.05, 3.63) is 65.3 Å². The van der Waals surface area contributed by atoms with Gasteiger partial charge in [-0.05, 0) is 37.5 Å². The SMILES string of the molecule is C=C(C)C(=O)n1cnc(C(C)c2cccc(C)c2C)c1. The summed E-state index contributed by atoms with van der Waals surface area (Å²) in [5, 5.41) is 0. The highest BCUT2D eigenvalue weighted by Crippen LogP contribution is 2.27. The van der Waals surface area contributed by atoms with E-state index in [9.17, 15) is 4.79 Å². The fraction of sp³-hybridized carbons (Fsp3) is 0.294. The molecule has 0 bridgehead atoms. The summed E-state index contributed by atoms with van der Waals surface area (Å²) in [4.78, 5) is 16.2. The number of nitrogens with zero attached hydrogens (tertiary/aromatic N) is 2. The zero-order valence-electron chi connectivity index (χ0n) is 12.5. The van der Waals surface area contributed by atoms with Crippen LogP contribution < -0.4 is 0 Å². The van der Waals surface area contributed by atoms with E-state index in [1.54, 1.807) is 19.4 Å². The minimum absolute atomic E-state index is 0.114. The lowest BCUT2D eigenvalue weighted by molar-refractivity contribution is 0.0955. The van der Waals surface area contributed by atoms with Crippen molar-refractivity contribution < 1.29 is 4.79 Å². The number of hydrogen-bond acceptors (Lipinski definition) is 2. The van der Waals surface area contributed by atoms with Crippen molar-refractivity contribution in [2.75, 3.05) is 0 Å². The van der Waals surface area contributed by atoms with Crippen LogP contribution in [0.3, 0.4) is 0 Å². The van der Waals surface area contributed by atoms with Gasteiger partial charge in [0.25, 0.3) is 5.91 Å². The maximum absolute atomic E-state index is 11.9. The van der Waals surface area contributed by atoms with E-state index in [0.717, 1.165) is 5.69 Å². The minimum Gasteiger partial charge on any atom is -0.272 e. The summed E-state index contributed by atoms with van der Waals surface area (Å²) in [5.74, 6) is 0.0472. The fourth-order valence-corrected chi connectivity index (χ4v) is 2.30. The van der Waals surface area contributed by atoms with E-state index in [0.29, 0.717) is 5.57 Å². The van der Waals surface area contributed by atoms with Crippen LogP contribution >= 0.6 is 0 Å². The average molecular weight is 268 g/mol. The Morgan fingerprint density at radius 1 is 1.35 bits per heavy atom. The summed E-state index contributed by atoms with van der Waals surface area (Å²) >= 11 is 0. The second kappa shape index (κ2) is 5.45. The molecule has 0 spiro atoms. The monoisotopic (exact) mass is 268 g/mol. The molecule has 20 heavy (non-hydrogen) atoms. The van der Waals surface area contributed by atoms with Crippen LogP contribution in [0.4, 0.5) is 0 Å². The Balaban J connectivity index is 2.35. The third-order valence-corrected chi connectivity index (χ3v) is 3.76. The maximum atomic E-state index is 11.9. The molecule has 0 saturated carbocycles. The molecule has 0 amide bonds. The smallest absolute Gasteiger partial charge is 0.258 e. The van der Waals surface area contributed by atoms with Crippen molar-refractivity contribution in [1.82, 2.24) is 9.55 Å². The summed E-state index contributed by atoms with van der Waals surface area (Å²) in [7, 11) is 0. The molecular formula is C17H20N2O. The number of aryl methyl sites for hydroxylation is 1. The lowest BCUT2D eigenvalue weighted by atomic mass is 9.92. The van der Waals surface area contributed by atoms with Gasteiger partial charge in [-0.2, -0.15) is 0 Å². The molecule has 1 aromatic carbocycles. The topological polar surface area (TPSA) is 34.9 Å². The Morgan fingerprint density at radius 3 is 2.70 bits per heavy atom. The van der Waals surface area contributed by atoms with E-state index in [4.69, 9.17) is 0 Å². The standard InChI is InChI=1S/C17H20N2O/c1-11(2)17(20)19-9-16(18-10-19)14(5)15-8-6-7-12(3)13(15)4/h6-10,14H,1H2,2-5H3. The predicted octanol–water partition coefficient (Wildman–Crippen LogP) is 3.87. The summed E-state index contributed by atoms with van der Waals surface area (Å²) in [5.41, 5.74) is 5.20. The van der Waals surface area contributed by atoms with Crippen LogP contribution in [0.2, 0.25) is 0 Å². The van der Waals surface area contributed by atoms with Gasteiger partial charge in [0.05, 0.1) is 5.69 Å². The average Bonchev–Trinajstić information content (AvgIpc) is 2.89. The van der Waals surface area contributed by atoms with Crippen molar-refractivity contribution in [3.63, 3.8) is 0 Å². The molecule has 0 aliphatic carbocycles. The maximum Gasteiger partial charge on any atom is 0.258 e. The largest absolute Gasteiger partial charge is 0.272 e. The third-order valence-electron chi connectivity index (χ3n) is 3.76. The van der Waals surface area contributed by atoms with Gasteiger partial charge in [-0.15, -0.1) is 0 Å². The molecule has 0 fully saturated rings. The lowest BCUT2D eigenvalue weighted by Crippen LogP contribution is -2.08. The first-order valence-electron chi connectivity index (χ1n) is 6.72. The molecule has 3 heteroatoms. The van der Waals surface area contributed by atoms with Crippen molar-refractivity contribution in [1.29, 1.82) is 0 Å². The van der Waals surface area contributed by atoms with E-state index < -0.39 is 0 Å². The van der Waals surface area contributed by atoms with Crippen LogP contribution in [0.25, 0.3) is 0 Å². The summed E-state index contributed by atoms with van der Waals surface area (Å²) in [6.07, 6.45) is 3.36. The molecule has 0 aliphatic rings. The van der Waals surface area contributed by atoms with Crippen LogP contribution in [0, 0.1) is 13.8 Å². The van der Waals surface area contributed by atoms with Gasteiger partial charge >= 0.3 is 0 Å². The van der Waals surface area contributed by atoms with Crippen LogP contribution in [-0.2, 0) is 0 Å². The molecule has 0 saturated heterocycles. The molecule has 0 aliphatic heterocycles. The summed E-state index contributed by atoms with van der Waals surface area (Å²) in [6, 6.07) is 6.28. The van der Waals surface area contributed by atoms with E-state index in [1.165, 1.54) is 21.3 Å². The van der Waals surface area contributed by atoms with Gasteiger partial charge in [0, 0.05) is 17.7 Å². The molecule has 1 heterocycles. The van der Waals surface area contributed by atoms with Gasteiger partial charge < -0.3 is 0 Å². The van der Waals surface area contributed by atoms with Gasteiger partial charge in [0.15, 0.2) is 0 Å². The number of allylic oxidation sites excluding steroid dienone is 1. The van der Waals surface area contributed by atoms with Crippen molar-refractivity contribution in [2.24, 2.45) is 0 Å². The molecule has 104 valence electrons. The van der Waals surface area contributed by atoms with Crippen molar-refractivity contribution in [3.8, 4) is 0 Å². The Bertz CT molecular complexity index is 667. The first kappa shape index (κ1) is 14.3. The minimum atomic E-state index is -0.114. The number of carbonyl (C=O) groups excluding carboxylic acids is 1. The van der Waals surface area contributed by atoms with Crippen molar-refractivity contribution >= 4 is 5.91 Å². The zero-order valence-corrected chi connectivity index (χ0v) is 12.5. The van der Waals surface area contributed by atoms with Gasteiger partial charge in [-0.25, -0.2) is 4.98 Å².